The number of likely N-dealkylation sites (N-methyl/N-ethyl adjacent to an activating group) is 1. The van der Waals surface area contributed by atoms with E-state index in [1.54, 1.807) is 0 Å². The Bertz CT molecular complexity index is 2090. The number of nitrogens with zero attached hydrogens (tertiary/aromatic N) is 1. The Hall–Kier alpha value is -3.26. The molecule has 2 saturated carbocycles. The molecule has 2 fully saturated rings. The summed E-state index contributed by atoms with van der Waals surface area (Å²) in [5.41, 5.74) is 6.61. The first-order valence-electron chi connectivity index (χ1n) is 20.7. The van der Waals surface area contributed by atoms with Crippen molar-refractivity contribution in [1.82, 2.24) is 9.88 Å². The number of carbonyl (C=O) groups excluding carboxylic acids is 2. The van der Waals surface area contributed by atoms with E-state index in [4.69, 9.17) is 4.74 Å². The summed E-state index contributed by atoms with van der Waals surface area (Å²) in [7, 11) is 0. The molecule has 2 aliphatic heterocycles. The van der Waals surface area contributed by atoms with Gasteiger partial charge in [0, 0.05) is 45.5 Å². The van der Waals surface area contributed by atoms with E-state index in [9.17, 15) is 19.8 Å². The van der Waals surface area contributed by atoms with Crippen LogP contribution in [0.15, 0.2) is 48.1 Å². The zero-order chi connectivity index (χ0) is 39.1. The fraction of sp³-hybridized carbons (Fsp3) is 0.617. The Kier molecular flexibility index (Phi) is 8.45. The second-order valence-corrected chi connectivity index (χ2v) is 19.5. The van der Waals surface area contributed by atoms with Crippen molar-refractivity contribution in [1.29, 1.82) is 0 Å². The first-order valence-corrected chi connectivity index (χ1v) is 20.7. The molecule has 8 rings (SSSR count). The van der Waals surface area contributed by atoms with Gasteiger partial charge in [0.15, 0.2) is 5.78 Å². The molecule has 4 aliphatic carbocycles. The molecule has 0 bridgehead atoms. The number of hydrogen-bond donors (Lipinski definition) is 3. The summed E-state index contributed by atoms with van der Waals surface area (Å²) in [6.07, 6.45) is 13.2. The van der Waals surface area contributed by atoms with Crippen LogP contribution in [0.25, 0.3) is 16.5 Å². The van der Waals surface area contributed by atoms with Crippen molar-refractivity contribution < 1.29 is 24.5 Å². The third kappa shape index (κ3) is 4.76. The fourth-order valence-corrected chi connectivity index (χ4v) is 13.3. The fourth-order valence-electron chi connectivity index (χ4n) is 13.3. The standard InChI is InChI=1S/C47H62N2O5/c1-12-15-26(42(53)48-13-2)16-14-20-45(9)32-18-17-27-22-30-29-23-28-31-24-43(5,6)54-44(7,8)36(31)39(51)34(28)35-38(29)49(37(25(3)4)40(35)52)41(30)47(27,11)46(32,10)21-19-33(45)50/h14,16,20,23-24,27,32-33,36-37,39,50-51H,3,12-13,15,17-19,21-22H2,1-2,4-11H3,(H,48,53)/b20-14+,26-16+/t27?,32-,33-,36?,37-,39+,45-,46-,47+/m0/s1. The molecule has 1 aromatic carbocycles. The predicted octanol–water partition coefficient (Wildman–Crippen LogP) is 9.01. The van der Waals surface area contributed by atoms with Crippen molar-refractivity contribution >= 4 is 28.2 Å². The van der Waals surface area contributed by atoms with E-state index in [2.05, 4.69) is 90.1 Å². The van der Waals surface area contributed by atoms with Crippen LogP contribution in [0.5, 0.6) is 0 Å². The largest absolute Gasteiger partial charge is 0.392 e. The summed E-state index contributed by atoms with van der Waals surface area (Å²) in [4.78, 5) is 27.8. The van der Waals surface area contributed by atoms with E-state index in [0.717, 1.165) is 70.9 Å². The summed E-state index contributed by atoms with van der Waals surface area (Å²) >= 11 is 0. The molecule has 3 heterocycles. The van der Waals surface area contributed by atoms with Crippen LogP contribution in [-0.4, -0.2) is 50.3 Å². The minimum Gasteiger partial charge on any atom is -0.392 e. The molecule has 0 saturated heterocycles. The van der Waals surface area contributed by atoms with E-state index in [-0.39, 0.29) is 34.4 Å². The highest BCUT2D eigenvalue weighted by Gasteiger charge is 2.67. The van der Waals surface area contributed by atoms with Gasteiger partial charge < -0.3 is 24.8 Å². The Morgan fingerprint density at radius 2 is 1.81 bits per heavy atom. The summed E-state index contributed by atoms with van der Waals surface area (Å²) in [5, 5.41) is 28.2. The van der Waals surface area contributed by atoms with Crippen LogP contribution in [0.4, 0.5) is 0 Å². The van der Waals surface area contributed by atoms with E-state index in [0.29, 0.717) is 30.9 Å². The molecular formula is C47H62N2O5. The quantitative estimate of drug-likeness (QED) is 0.150. The predicted molar refractivity (Wildman–Crippen MR) is 215 cm³/mol. The number of aromatic nitrogens is 1. The molecule has 2 aromatic rings. The van der Waals surface area contributed by atoms with Gasteiger partial charge in [-0.05, 0) is 126 Å². The second kappa shape index (κ2) is 12.1. The molecule has 0 radical (unpaired) electrons. The zero-order valence-corrected chi connectivity index (χ0v) is 34.3. The van der Waals surface area contributed by atoms with Gasteiger partial charge in [0.1, 0.15) is 6.04 Å². The van der Waals surface area contributed by atoms with Crippen molar-refractivity contribution in [2.75, 3.05) is 6.54 Å². The molecule has 1 amide bonds. The van der Waals surface area contributed by atoms with Gasteiger partial charge in [-0.3, -0.25) is 9.59 Å². The van der Waals surface area contributed by atoms with Crippen LogP contribution in [0.3, 0.4) is 0 Å². The van der Waals surface area contributed by atoms with E-state index >= 15 is 0 Å². The van der Waals surface area contributed by atoms with Crippen LogP contribution >= 0.6 is 0 Å². The molecule has 1 aromatic heterocycles. The van der Waals surface area contributed by atoms with E-state index in [1.807, 2.05) is 26.0 Å². The molecule has 0 spiro atoms. The minimum atomic E-state index is -0.852. The lowest BCUT2D eigenvalue weighted by Gasteiger charge is -2.64. The molecule has 6 aliphatic rings. The van der Waals surface area contributed by atoms with Crippen molar-refractivity contribution in [2.45, 2.75) is 149 Å². The number of nitrogens with one attached hydrogen (secondary N) is 1. The van der Waals surface area contributed by atoms with E-state index < -0.39 is 34.9 Å². The number of hydrogen-bond acceptors (Lipinski definition) is 5. The van der Waals surface area contributed by atoms with Gasteiger partial charge in [0.2, 0.25) is 5.91 Å². The lowest BCUT2D eigenvalue weighted by atomic mass is 9.40. The maximum Gasteiger partial charge on any atom is 0.247 e. The Labute approximate surface area is 322 Å². The van der Waals surface area contributed by atoms with Crippen LogP contribution in [-0.2, 0) is 21.4 Å². The smallest absolute Gasteiger partial charge is 0.247 e. The van der Waals surface area contributed by atoms with Gasteiger partial charge >= 0.3 is 0 Å². The topological polar surface area (TPSA) is 101 Å². The molecule has 7 heteroatoms. The van der Waals surface area contributed by atoms with Crippen LogP contribution in [0, 0.1) is 28.6 Å². The molecule has 9 atom stereocenters. The number of aliphatic hydroxyl groups excluding tert-OH is 2. The Morgan fingerprint density at radius 3 is 2.48 bits per heavy atom. The van der Waals surface area contributed by atoms with Gasteiger partial charge in [-0.25, -0.2) is 0 Å². The van der Waals surface area contributed by atoms with E-state index in [1.165, 1.54) is 11.3 Å². The van der Waals surface area contributed by atoms with Crippen LogP contribution < -0.4 is 5.32 Å². The van der Waals surface area contributed by atoms with Crippen LogP contribution in [0.1, 0.15) is 153 Å². The molecule has 290 valence electrons. The number of rotatable bonds is 7. The number of ketones is 1. The monoisotopic (exact) mass is 734 g/mol. The normalized spacial score (nSPS) is 37.1. The van der Waals surface area contributed by atoms with Crippen molar-refractivity contribution in [3.8, 4) is 0 Å². The molecule has 3 N–H and O–H groups in total. The molecule has 54 heavy (non-hydrogen) atoms. The number of ether oxygens (including phenoxy) is 1. The number of aliphatic hydroxyl groups is 2. The molecular weight excluding hydrogens is 673 g/mol. The lowest BCUT2D eigenvalue weighted by Crippen LogP contribution is -2.62. The SMILES string of the molecule is C=C(C)[C@H]1C(=O)c2c3c(cc4c5c(n1c24)[C@@]1(C)C(CC[C@H]2[C@](C)(/C=C/C=C(\CCC)C(=O)NCC)[C@@H](O)CC[C@@]21C)C5)C1=CC(C)(C)OC(C)(C)C1[C@@H]3O. The summed E-state index contributed by atoms with van der Waals surface area (Å²) in [6, 6.07) is 1.79. The first-order chi connectivity index (χ1) is 25.3. The first kappa shape index (κ1) is 37.7. The number of allylic oxidation sites excluding steroid dienone is 3. The Morgan fingerprint density at radius 1 is 1.09 bits per heavy atom. The maximum absolute atomic E-state index is 14.9. The molecule has 7 nitrogen and oxygen atoms in total. The number of Topliss-reactive ketones (excluding diaryl/α,β-unsaturated/α-hetero) is 1. The average molecular weight is 735 g/mol. The Balaban J connectivity index is 1.31. The third-order valence-corrected chi connectivity index (χ3v) is 15.5. The maximum atomic E-state index is 14.9. The van der Waals surface area contributed by atoms with Gasteiger partial charge in [0.05, 0.1) is 34.5 Å². The third-order valence-electron chi connectivity index (χ3n) is 15.5. The second-order valence-electron chi connectivity index (χ2n) is 19.5. The highest BCUT2D eigenvalue weighted by Crippen LogP contribution is 2.71. The number of fused-ring (bicyclic) bond motifs is 11. The zero-order valence-electron chi connectivity index (χ0n) is 34.3. The van der Waals surface area contributed by atoms with Crippen molar-refractivity contribution in [2.24, 2.45) is 28.6 Å². The van der Waals surface area contributed by atoms with Crippen molar-refractivity contribution in [3.05, 3.63) is 76.0 Å². The highest BCUT2D eigenvalue weighted by atomic mass is 16.5. The number of benzene rings is 1. The van der Waals surface area contributed by atoms with Gasteiger partial charge in [-0.2, -0.15) is 0 Å². The minimum absolute atomic E-state index is 0.0245. The van der Waals surface area contributed by atoms with Crippen LogP contribution in [0.2, 0.25) is 0 Å². The van der Waals surface area contributed by atoms with Gasteiger partial charge in [0.25, 0.3) is 0 Å². The summed E-state index contributed by atoms with van der Waals surface area (Å²) in [6.45, 7) is 26.5. The summed E-state index contributed by atoms with van der Waals surface area (Å²) < 4.78 is 8.92. The van der Waals surface area contributed by atoms with Gasteiger partial charge in [-0.15, -0.1) is 0 Å². The lowest BCUT2D eigenvalue weighted by molar-refractivity contribution is -0.144. The molecule has 2 unspecified atom stereocenters. The number of amides is 1. The van der Waals surface area contributed by atoms with Crippen molar-refractivity contribution in [3.63, 3.8) is 0 Å². The van der Waals surface area contributed by atoms with Gasteiger partial charge in [-0.1, -0.05) is 64.5 Å². The number of carbonyl (C=O) groups is 2. The summed E-state index contributed by atoms with van der Waals surface area (Å²) in [5.74, 6) is 0.320. The average Bonchev–Trinajstić information content (AvgIpc) is 3.75. The highest BCUT2D eigenvalue weighted by molar-refractivity contribution is 6.18.